The van der Waals surface area contributed by atoms with Crippen LogP contribution in [0.2, 0.25) is 0 Å². The van der Waals surface area contributed by atoms with Crippen LogP contribution >= 0.6 is 0 Å². The first-order valence-electron chi connectivity index (χ1n) is 12.3. The van der Waals surface area contributed by atoms with E-state index in [2.05, 4.69) is 60.1 Å². The molecule has 0 aliphatic carbocycles. The summed E-state index contributed by atoms with van der Waals surface area (Å²) in [6.45, 7) is 7.27. The number of nitrogens with one attached hydrogen (secondary N) is 1. The number of likely N-dealkylation sites (tertiary alicyclic amines) is 1. The highest BCUT2D eigenvalue weighted by Crippen LogP contribution is 2.28. The molecule has 1 aliphatic rings. The maximum atomic E-state index is 12.8. The molecule has 1 aliphatic heterocycles. The molecule has 5 heteroatoms. The number of H-pyrrole nitrogens is 1. The van der Waals surface area contributed by atoms with Crippen LogP contribution in [-0.4, -0.2) is 27.5 Å². The van der Waals surface area contributed by atoms with Gasteiger partial charge in [0.05, 0.1) is 11.0 Å². The van der Waals surface area contributed by atoms with Gasteiger partial charge < -0.3 is 9.72 Å². The molecule has 0 atom stereocenters. The van der Waals surface area contributed by atoms with E-state index in [0.29, 0.717) is 5.92 Å². The molecule has 0 radical (unpaired) electrons. The Morgan fingerprint density at radius 2 is 1.68 bits per heavy atom. The Morgan fingerprint density at radius 3 is 2.44 bits per heavy atom. The Morgan fingerprint density at radius 1 is 0.912 bits per heavy atom. The van der Waals surface area contributed by atoms with Gasteiger partial charge >= 0.3 is 5.69 Å². The molecule has 176 valence electrons. The van der Waals surface area contributed by atoms with Crippen LogP contribution in [0.5, 0.6) is 11.5 Å². The largest absolute Gasteiger partial charge is 0.457 e. The van der Waals surface area contributed by atoms with E-state index in [1.807, 2.05) is 41.0 Å². The van der Waals surface area contributed by atoms with Gasteiger partial charge in [0, 0.05) is 25.7 Å². The number of rotatable bonds is 7. The van der Waals surface area contributed by atoms with Gasteiger partial charge in [-0.2, -0.15) is 0 Å². The van der Waals surface area contributed by atoms with Crippen LogP contribution in [0.3, 0.4) is 0 Å². The Hall–Kier alpha value is -3.31. The predicted molar refractivity (Wildman–Crippen MR) is 138 cm³/mol. The Bertz CT molecular complexity index is 1300. The second kappa shape index (κ2) is 9.90. The molecule has 5 nitrogen and oxygen atoms in total. The standard InChI is InChI=1S/C29H33N3O2/c1-21(2)17-22-11-12-28-27(19-22)30-29(33)32(28)24-13-15-31(16-14-24)20-23-7-6-10-26(18-23)34-25-8-4-3-5-9-25/h3-12,18-19,21,24H,13-17,20H2,1-2H3,(H,30,33). The Kier molecular flexibility index (Phi) is 6.54. The topological polar surface area (TPSA) is 50.3 Å². The van der Waals surface area contributed by atoms with Gasteiger partial charge in [0.2, 0.25) is 0 Å². The van der Waals surface area contributed by atoms with Crippen molar-refractivity contribution in [3.63, 3.8) is 0 Å². The molecule has 1 fully saturated rings. The molecule has 0 amide bonds. The molecule has 3 aromatic carbocycles. The van der Waals surface area contributed by atoms with Crippen molar-refractivity contribution in [1.29, 1.82) is 0 Å². The highest BCUT2D eigenvalue weighted by molar-refractivity contribution is 5.76. The van der Waals surface area contributed by atoms with Crippen molar-refractivity contribution in [2.75, 3.05) is 13.1 Å². The molecule has 0 unspecified atom stereocenters. The van der Waals surface area contributed by atoms with Crippen LogP contribution in [0.1, 0.15) is 43.9 Å². The summed E-state index contributed by atoms with van der Waals surface area (Å²) in [6.07, 6.45) is 2.97. The second-order valence-electron chi connectivity index (χ2n) is 9.82. The number of benzene rings is 3. The number of aromatic nitrogens is 2. The summed E-state index contributed by atoms with van der Waals surface area (Å²) in [6, 6.07) is 24.9. The lowest BCUT2D eigenvalue weighted by Crippen LogP contribution is -2.36. The van der Waals surface area contributed by atoms with Crippen LogP contribution < -0.4 is 10.4 Å². The third-order valence-corrected chi connectivity index (χ3v) is 6.63. The minimum Gasteiger partial charge on any atom is -0.457 e. The summed E-state index contributed by atoms with van der Waals surface area (Å²) in [7, 11) is 0. The smallest absolute Gasteiger partial charge is 0.326 e. The number of nitrogens with zero attached hydrogens (tertiary/aromatic N) is 2. The fourth-order valence-corrected chi connectivity index (χ4v) is 5.06. The van der Waals surface area contributed by atoms with Gasteiger partial charge in [0.1, 0.15) is 11.5 Å². The highest BCUT2D eigenvalue weighted by Gasteiger charge is 2.24. The second-order valence-corrected chi connectivity index (χ2v) is 9.82. The molecule has 1 saturated heterocycles. The summed E-state index contributed by atoms with van der Waals surface area (Å²) in [5.41, 5.74) is 4.53. The zero-order valence-corrected chi connectivity index (χ0v) is 20.0. The van der Waals surface area contributed by atoms with Crippen LogP contribution in [0.15, 0.2) is 77.6 Å². The van der Waals surface area contributed by atoms with Crippen molar-refractivity contribution in [2.24, 2.45) is 5.92 Å². The summed E-state index contributed by atoms with van der Waals surface area (Å²) in [5.74, 6) is 2.31. The van der Waals surface area contributed by atoms with Gasteiger partial charge in [-0.25, -0.2) is 4.79 Å². The van der Waals surface area contributed by atoms with Gasteiger partial charge in [-0.3, -0.25) is 9.47 Å². The number of fused-ring (bicyclic) bond motifs is 1. The molecule has 2 heterocycles. The van der Waals surface area contributed by atoms with E-state index in [-0.39, 0.29) is 11.7 Å². The maximum absolute atomic E-state index is 12.8. The molecular formula is C29H33N3O2. The van der Waals surface area contributed by atoms with Crippen LogP contribution in [0, 0.1) is 5.92 Å². The number of ether oxygens (including phenoxy) is 1. The maximum Gasteiger partial charge on any atom is 0.326 e. The lowest BCUT2D eigenvalue weighted by Gasteiger charge is -2.32. The number of imidazole rings is 1. The molecule has 34 heavy (non-hydrogen) atoms. The third-order valence-electron chi connectivity index (χ3n) is 6.63. The summed E-state index contributed by atoms with van der Waals surface area (Å²) in [4.78, 5) is 18.4. The first-order chi connectivity index (χ1) is 16.5. The summed E-state index contributed by atoms with van der Waals surface area (Å²) in [5, 5.41) is 0. The summed E-state index contributed by atoms with van der Waals surface area (Å²) >= 11 is 0. The normalized spacial score (nSPS) is 15.3. The number of aromatic amines is 1. The van der Waals surface area contributed by atoms with Gasteiger partial charge in [0.25, 0.3) is 0 Å². The third kappa shape index (κ3) is 5.10. The van der Waals surface area contributed by atoms with Crippen molar-refractivity contribution < 1.29 is 4.74 Å². The molecule has 4 aromatic rings. The lowest BCUT2D eigenvalue weighted by atomic mass is 10.0. The average Bonchev–Trinajstić information content (AvgIpc) is 3.15. The van der Waals surface area contributed by atoms with E-state index in [0.717, 1.165) is 61.4 Å². The Balaban J connectivity index is 1.23. The van der Waals surface area contributed by atoms with Crippen LogP contribution in [-0.2, 0) is 13.0 Å². The van der Waals surface area contributed by atoms with Crippen molar-refractivity contribution in [1.82, 2.24) is 14.5 Å². The van der Waals surface area contributed by atoms with E-state index in [1.165, 1.54) is 11.1 Å². The number of hydrogen-bond donors (Lipinski definition) is 1. The van der Waals surface area contributed by atoms with Crippen molar-refractivity contribution in [2.45, 2.75) is 45.7 Å². The van der Waals surface area contributed by atoms with Crippen LogP contribution in [0.25, 0.3) is 11.0 Å². The van der Waals surface area contributed by atoms with Crippen LogP contribution in [0.4, 0.5) is 0 Å². The molecular weight excluding hydrogens is 422 g/mol. The quantitative estimate of drug-likeness (QED) is 0.363. The van der Waals surface area contributed by atoms with E-state index >= 15 is 0 Å². The predicted octanol–water partition coefficient (Wildman–Crippen LogP) is 6.16. The lowest BCUT2D eigenvalue weighted by molar-refractivity contribution is 0.180. The molecule has 5 rings (SSSR count). The first-order valence-corrected chi connectivity index (χ1v) is 12.3. The number of piperidine rings is 1. The minimum absolute atomic E-state index is 0.0147. The van der Waals surface area contributed by atoms with Crippen molar-refractivity contribution in [3.05, 3.63) is 94.4 Å². The SMILES string of the molecule is CC(C)Cc1ccc2c(c1)[nH]c(=O)n2C1CCN(Cc2cccc(Oc3ccccc3)c2)CC1. The minimum atomic E-state index is 0.0147. The number of para-hydroxylation sites is 1. The zero-order chi connectivity index (χ0) is 23.5. The summed E-state index contributed by atoms with van der Waals surface area (Å²) < 4.78 is 7.98. The van der Waals surface area contributed by atoms with Gasteiger partial charge in [-0.05, 0) is 72.7 Å². The first kappa shape index (κ1) is 22.5. The van der Waals surface area contributed by atoms with Crippen molar-refractivity contribution >= 4 is 11.0 Å². The number of hydrogen-bond acceptors (Lipinski definition) is 3. The molecule has 0 bridgehead atoms. The molecule has 1 N–H and O–H groups in total. The van der Waals surface area contributed by atoms with E-state index in [4.69, 9.17) is 4.74 Å². The monoisotopic (exact) mass is 455 g/mol. The molecule has 1 aromatic heterocycles. The fraction of sp³-hybridized carbons (Fsp3) is 0.345. The van der Waals surface area contributed by atoms with Crippen molar-refractivity contribution in [3.8, 4) is 11.5 Å². The van der Waals surface area contributed by atoms with Gasteiger partial charge in [0.15, 0.2) is 0 Å². The highest BCUT2D eigenvalue weighted by atomic mass is 16.5. The average molecular weight is 456 g/mol. The fourth-order valence-electron chi connectivity index (χ4n) is 5.06. The zero-order valence-electron chi connectivity index (χ0n) is 20.0. The van der Waals surface area contributed by atoms with E-state index < -0.39 is 0 Å². The Labute approximate surface area is 201 Å². The van der Waals surface area contributed by atoms with E-state index in [1.54, 1.807) is 0 Å². The van der Waals surface area contributed by atoms with E-state index in [9.17, 15) is 4.79 Å². The van der Waals surface area contributed by atoms with Gasteiger partial charge in [-0.15, -0.1) is 0 Å². The van der Waals surface area contributed by atoms with Gasteiger partial charge in [-0.1, -0.05) is 50.2 Å². The molecule has 0 spiro atoms. The molecule has 0 saturated carbocycles.